The maximum atomic E-state index is 13.3. The summed E-state index contributed by atoms with van der Waals surface area (Å²) in [6.07, 6.45) is 1.08. The van der Waals surface area contributed by atoms with Crippen molar-refractivity contribution in [2.75, 3.05) is 11.9 Å². The number of carbonyl (C=O) groups excluding carboxylic acids is 1. The second kappa shape index (κ2) is 8.87. The van der Waals surface area contributed by atoms with Gasteiger partial charge in [-0.25, -0.2) is 13.4 Å². The van der Waals surface area contributed by atoms with Crippen LogP contribution in [-0.2, 0) is 14.8 Å². The van der Waals surface area contributed by atoms with Crippen LogP contribution in [0.1, 0.15) is 12.8 Å². The molecule has 1 N–H and O–H groups in total. The number of thiazole rings is 1. The molecular weight excluding hydrogens is 478 g/mol. The highest BCUT2D eigenvalue weighted by Gasteiger charge is 2.39. The lowest BCUT2D eigenvalue weighted by atomic mass is 10.1. The van der Waals surface area contributed by atoms with E-state index < -0.39 is 16.1 Å². The van der Waals surface area contributed by atoms with Crippen LogP contribution in [0.5, 0.6) is 0 Å². The highest BCUT2D eigenvalue weighted by Crippen LogP contribution is 2.35. The van der Waals surface area contributed by atoms with Gasteiger partial charge in [0.25, 0.3) is 0 Å². The Labute approximate surface area is 200 Å². The molecule has 33 heavy (non-hydrogen) atoms. The number of benzene rings is 3. The van der Waals surface area contributed by atoms with Crippen molar-refractivity contribution in [3.05, 3.63) is 77.8 Å². The second-order valence-electron chi connectivity index (χ2n) is 7.75. The Morgan fingerprint density at radius 2 is 1.76 bits per heavy atom. The van der Waals surface area contributed by atoms with Crippen LogP contribution in [0.25, 0.3) is 20.8 Å². The van der Waals surface area contributed by atoms with E-state index in [-0.39, 0.29) is 10.8 Å². The number of fused-ring (bicyclic) bond motifs is 1. The number of aromatic nitrogens is 1. The SMILES string of the molecule is O=C(Nc1ccccc1-c1nc2ccccc2s1)[C@H]1CCCN1S(=O)(=O)c1ccc(Cl)cc1. The van der Waals surface area contributed by atoms with Gasteiger partial charge in [-0.05, 0) is 61.4 Å². The molecule has 0 unspecified atom stereocenters. The lowest BCUT2D eigenvalue weighted by Gasteiger charge is -2.24. The molecular formula is C24H20ClN3O3S2. The van der Waals surface area contributed by atoms with Crippen LogP contribution in [-0.4, -0.2) is 36.2 Å². The predicted octanol–water partition coefficient (Wildman–Crippen LogP) is 5.41. The lowest BCUT2D eigenvalue weighted by molar-refractivity contribution is -0.119. The zero-order valence-electron chi connectivity index (χ0n) is 17.4. The normalized spacial score (nSPS) is 16.8. The van der Waals surface area contributed by atoms with Crippen LogP contribution in [0.4, 0.5) is 5.69 Å². The van der Waals surface area contributed by atoms with Gasteiger partial charge in [-0.3, -0.25) is 4.79 Å². The molecule has 6 nitrogen and oxygen atoms in total. The average Bonchev–Trinajstić information content (AvgIpc) is 3.47. The molecule has 1 atom stereocenters. The number of sulfonamides is 1. The molecule has 0 spiro atoms. The number of hydrogen-bond acceptors (Lipinski definition) is 5. The first kappa shape index (κ1) is 22.0. The number of para-hydroxylation sites is 2. The summed E-state index contributed by atoms with van der Waals surface area (Å²) in [5, 5.41) is 4.21. The van der Waals surface area contributed by atoms with Crippen molar-refractivity contribution in [1.82, 2.24) is 9.29 Å². The first-order valence-corrected chi connectivity index (χ1v) is 13.1. The van der Waals surface area contributed by atoms with Gasteiger partial charge in [0.2, 0.25) is 15.9 Å². The molecule has 0 aliphatic carbocycles. The fraction of sp³-hybridized carbons (Fsp3) is 0.167. The number of anilines is 1. The van der Waals surface area contributed by atoms with Gasteiger partial charge in [-0.2, -0.15) is 4.31 Å². The summed E-state index contributed by atoms with van der Waals surface area (Å²) >= 11 is 7.45. The van der Waals surface area contributed by atoms with Gasteiger partial charge in [0.05, 0.1) is 20.8 Å². The van der Waals surface area contributed by atoms with Crippen LogP contribution >= 0.6 is 22.9 Å². The van der Waals surface area contributed by atoms with E-state index in [2.05, 4.69) is 5.32 Å². The Kier molecular flexibility index (Phi) is 5.92. The van der Waals surface area contributed by atoms with Crippen LogP contribution in [0, 0.1) is 0 Å². The van der Waals surface area contributed by atoms with Crippen LogP contribution in [0.2, 0.25) is 5.02 Å². The van der Waals surface area contributed by atoms with Crippen molar-refractivity contribution in [2.45, 2.75) is 23.8 Å². The first-order valence-electron chi connectivity index (χ1n) is 10.5. The van der Waals surface area contributed by atoms with Gasteiger partial charge in [0.15, 0.2) is 0 Å². The minimum absolute atomic E-state index is 0.126. The third-order valence-corrected chi connectivity index (χ3v) is 8.88. The molecule has 1 amide bonds. The van der Waals surface area contributed by atoms with Gasteiger partial charge in [0.1, 0.15) is 11.0 Å². The summed E-state index contributed by atoms with van der Waals surface area (Å²) in [6, 6.07) is 20.5. The van der Waals surface area contributed by atoms with E-state index in [1.165, 1.54) is 28.6 Å². The Hall–Kier alpha value is -2.78. The quantitative estimate of drug-likeness (QED) is 0.400. The molecule has 0 bridgehead atoms. The van der Waals surface area contributed by atoms with Crippen LogP contribution in [0.15, 0.2) is 77.7 Å². The standard InChI is InChI=1S/C24H20ClN3O3S2/c25-16-11-13-17(14-12-16)33(30,31)28-15-5-9-21(28)23(29)26-19-7-2-1-6-18(19)24-27-20-8-3-4-10-22(20)32-24/h1-4,6-8,10-14,21H,5,9,15H2,(H,26,29)/t21-/m1/s1. The highest BCUT2D eigenvalue weighted by molar-refractivity contribution is 7.89. The zero-order valence-corrected chi connectivity index (χ0v) is 19.8. The molecule has 168 valence electrons. The molecule has 2 heterocycles. The lowest BCUT2D eigenvalue weighted by Crippen LogP contribution is -2.43. The molecule has 1 aliphatic heterocycles. The van der Waals surface area contributed by atoms with Crippen molar-refractivity contribution in [3.63, 3.8) is 0 Å². The summed E-state index contributed by atoms with van der Waals surface area (Å²) in [4.78, 5) is 18.1. The van der Waals surface area contributed by atoms with E-state index in [0.717, 1.165) is 20.8 Å². The Morgan fingerprint density at radius 1 is 1.03 bits per heavy atom. The predicted molar refractivity (Wildman–Crippen MR) is 132 cm³/mol. The Morgan fingerprint density at radius 3 is 2.55 bits per heavy atom. The van der Waals surface area contributed by atoms with Crippen molar-refractivity contribution in [1.29, 1.82) is 0 Å². The molecule has 0 saturated carbocycles. The van der Waals surface area contributed by atoms with Gasteiger partial charge in [0, 0.05) is 17.1 Å². The van der Waals surface area contributed by atoms with Gasteiger partial charge in [-0.1, -0.05) is 35.9 Å². The number of nitrogens with zero attached hydrogens (tertiary/aromatic N) is 2. The largest absolute Gasteiger partial charge is 0.324 e. The van der Waals surface area contributed by atoms with E-state index in [0.29, 0.717) is 30.1 Å². The first-order chi connectivity index (χ1) is 15.9. The average molecular weight is 498 g/mol. The van der Waals surface area contributed by atoms with E-state index in [1.54, 1.807) is 11.3 Å². The smallest absolute Gasteiger partial charge is 0.243 e. The molecule has 3 aromatic carbocycles. The molecule has 1 aromatic heterocycles. The monoisotopic (exact) mass is 497 g/mol. The molecule has 5 rings (SSSR count). The topological polar surface area (TPSA) is 79.4 Å². The van der Waals surface area contributed by atoms with E-state index >= 15 is 0 Å². The maximum absolute atomic E-state index is 13.3. The maximum Gasteiger partial charge on any atom is 0.243 e. The van der Waals surface area contributed by atoms with Gasteiger partial charge >= 0.3 is 0 Å². The molecule has 0 radical (unpaired) electrons. The van der Waals surface area contributed by atoms with E-state index in [9.17, 15) is 13.2 Å². The summed E-state index contributed by atoms with van der Waals surface area (Å²) in [5.41, 5.74) is 2.31. The van der Waals surface area contributed by atoms with E-state index in [1.807, 2.05) is 48.5 Å². The third kappa shape index (κ3) is 4.27. The molecule has 1 aliphatic rings. The number of hydrogen-bond donors (Lipinski definition) is 1. The van der Waals surface area contributed by atoms with Crippen LogP contribution in [0.3, 0.4) is 0 Å². The highest BCUT2D eigenvalue weighted by atomic mass is 35.5. The van der Waals surface area contributed by atoms with Gasteiger partial charge in [-0.15, -0.1) is 11.3 Å². The molecule has 1 fully saturated rings. The molecule has 9 heteroatoms. The van der Waals surface area contributed by atoms with E-state index in [4.69, 9.17) is 16.6 Å². The van der Waals surface area contributed by atoms with Crippen molar-refractivity contribution >= 4 is 54.8 Å². The Balaban J connectivity index is 1.42. The van der Waals surface area contributed by atoms with Crippen molar-refractivity contribution in [3.8, 4) is 10.6 Å². The minimum Gasteiger partial charge on any atom is -0.324 e. The van der Waals surface area contributed by atoms with Crippen LogP contribution < -0.4 is 5.32 Å². The fourth-order valence-electron chi connectivity index (χ4n) is 4.01. The number of halogens is 1. The summed E-state index contributed by atoms with van der Waals surface area (Å²) in [6.45, 7) is 0.294. The Bertz CT molecular complexity index is 1400. The number of carbonyl (C=O) groups is 1. The molecule has 4 aromatic rings. The zero-order chi connectivity index (χ0) is 23.0. The minimum atomic E-state index is -3.82. The summed E-state index contributed by atoms with van der Waals surface area (Å²) in [7, 11) is -3.82. The summed E-state index contributed by atoms with van der Waals surface area (Å²) < 4.78 is 28.7. The summed E-state index contributed by atoms with van der Waals surface area (Å²) in [5.74, 6) is -0.349. The van der Waals surface area contributed by atoms with Crippen molar-refractivity contribution in [2.24, 2.45) is 0 Å². The number of rotatable bonds is 5. The number of amides is 1. The second-order valence-corrected chi connectivity index (χ2v) is 11.1. The van der Waals surface area contributed by atoms with Gasteiger partial charge < -0.3 is 5.32 Å². The number of nitrogens with one attached hydrogen (secondary N) is 1. The van der Waals surface area contributed by atoms with Crippen molar-refractivity contribution < 1.29 is 13.2 Å². The molecule has 1 saturated heterocycles. The third-order valence-electron chi connectivity index (χ3n) is 5.64. The fourth-order valence-corrected chi connectivity index (χ4v) is 6.80.